The molecule has 1 heterocycles. The highest BCUT2D eigenvalue weighted by atomic mass is 32.2. The van der Waals surface area contributed by atoms with Crippen LogP contribution in [0.15, 0.2) is 18.2 Å². The predicted molar refractivity (Wildman–Crippen MR) is 101 cm³/mol. The van der Waals surface area contributed by atoms with E-state index in [2.05, 4.69) is 11.9 Å². The summed E-state index contributed by atoms with van der Waals surface area (Å²) < 4.78 is 25.9. The topological polar surface area (TPSA) is 60.9 Å². The average Bonchev–Trinajstić information content (AvgIpc) is 2.53. The zero-order chi connectivity index (χ0) is 18.6. The highest BCUT2D eigenvalue weighted by Crippen LogP contribution is 2.24. The van der Waals surface area contributed by atoms with Crippen LogP contribution < -0.4 is 4.31 Å². The van der Waals surface area contributed by atoms with Crippen LogP contribution in [0.2, 0.25) is 0 Å². The number of hydrogen-bond donors (Lipinski definition) is 0. The highest BCUT2D eigenvalue weighted by Gasteiger charge is 2.22. The smallest absolute Gasteiger partial charge is 0.232 e. The molecular weight excluding hydrogens is 338 g/mol. The van der Waals surface area contributed by atoms with Crippen molar-refractivity contribution in [2.45, 2.75) is 26.7 Å². The van der Waals surface area contributed by atoms with Gasteiger partial charge in [0.2, 0.25) is 15.9 Å². The van der Waals surface area contributed by atoms with Crippen LogP contribution in [0.1, 0.15) is 24.0 Å². The summed E-state index contributed by atoms with van der Waals surface area (Å²) in [6.07, 6.45) is 2.11. The maximum absolute atomic E-state index is 12.3. The molecule has 1 aliphatic heterocycles. The van der Waals surface area contributed by atoms with E-state index in [1.807, 2.05) is 36.9 Å². The van der Waals surface area contributed by atoms with E-state index in [9.17, 15) is 13.2 Å². The summed E-state index contributed by atoms with van der Waals surface area (Å²) in [7, 11) is -1.33. The molecule has 0 bridgehead atoms. The number of carbonyl (C=O) groups is 1. The molecule has 2 rings (SSSR count). The van der Waals surface area contributed by atoms with Gasteiger partial charge in [0.05, 0.1) is 11.9 Å². The van der Waals surface area contributed by atoms with Crippen molar-refractivity contribution in [3.8, 4) is 0 Å². The van der Waals surface area contributed by atoms with Crippen LogP contribution in [0, 0.1) is 13.8 Å². The third-order valence-corrected chi connectivity index (χ3v) is 5.82. The van der Waals surface area contributed by atoms with Gasteiger partial charge in [-0.2, -0.15) is 0 Å². The zero-order valence-corrected chi connectivity index (χ0v) is 16.5. The number of aryl methyl sites for hydroxylation is 2. The molecule has 6 nitrogen and oxygen atoms in total. The fraction of sp³-hybridized carbons (Fsp3) is 0.611. The van der Waals surface area contributed by atoms with Crippen molar-refractivity contribution >= 4 is 21.6 Å². The van der Waals surface area contributed by atoms with E-state index >= 15 is 0 Å². The number of carbonyl (C=O) groups excluding carboxylic acids is 1. The van der Waals surface area contributed by atoms with Crippen molar-refractivity contribution in [1.82, 2.24) is 9.80 Å². The van der Waals surface area contributed by atoms with Gasteiger partial charge in [-0.05, 0) is 44.5 Å². The number of benzene rings is 1. The maximum atomic E-state index is 12.3. The lowest BCUT2D eigenvalue weighted by Crippen LogP contribution is -2.47. The van der Waals surface area contributed by atoms with Crippen molar-refractivity contribution in [3.05, 3.63) is 29.3 Å². The molecule has 25 heavy (non-hydrogen) atoms. The molecular formula is C18H29N3O3S. The van der Waals surface area contributed by atoms with Crippen LogP contribution in [0.25, 0.3) is 0 Å². The van der Waals surface area contributed by atoms with Crippen LogP contribution in [0.5, 0.6) is 0 Å². The molecule has 0 saturated carbocycles. The van der Waals surface area contributed by atoms with Gasteiger partial charge in [0.25, 0.3) is 0 Å². The molecule has 0 aromatic heterocycles. The minimum absolute atomic E-state index is 0.113. The quantitative estimate of drug-likeness (QED) is 0.767. The minimum atomic E-state index is -3.39. The van der Waals surface area contributed by atoms with Gasteiger partial charge in [-0.15, -0.1) is 0 Å². The summed E-state index contributed by atoms with van der Waals surface area (Å²) in [5.41, 5.74) is 2.64. The van der Waals surface area contributed by atoms with Gasteiger partial charge in [0.15, 0.2) is 0 Å². The normalized spacial score (nSPS) is 16.1. The number of hydrogen-bond acceptors (Lipinski definition) is 4. The van der Waals surface area contributed by atoms with Crippen molar-refractivity contribution in [3.63, 3.8) is 0 Å². The fourth-order valence-corrected chi connectivity index (χ4v) is 4.06. The number of nitrogens with zero attached hydrogens (tertiary/aromatic N) is 3. The number of rotatable bonds is 6. The Morgan fingerprint density at radius 2 is 1.80 bits per heavy atom. The van der Waals surface area contributed by atoms with E-state index < -0.39 is 10.0 Å². The first kappa shape index (κ1) is 19.7. The molecule has 0 spiro atoms. The van der Waals surface area contributed by atoms with Crippen molar-refractivity contribution < 1.29 is 13.2 Å². The molecule has 0 atom stereocenters. The third kappa shape index (κ3) is 5.44. The highest BCUT2D eigenvalue weighted by molar-refractivity contribution is 7.92. The summed E-state index contributed by atoms with van der Waals surface area (Å²) >= 11 is 0. The number of piperazine rings is 1. The molecule has 1 amide bonds. The van der Waals surface area contributed by atoms with Crippen molar-refractivity contribution in [2.24, 2.45) is 0 Å². The van der Waals surface area contributed by atoms with Gasteiger partial charge in [-0.1, -0.05) is 12.1 Å². The van der Waals surface area contributed by atoms with E-state index in [1.54, 1.807) is 0 Å². The zero-order valence-electron chi connectivity index (χ0n) is 15.7. The second kappa shape index (κ2) is 8.19. The second-order valence-corrected chi connectivity index (χ2v) is 8.82. The predicted octanol–water partition coefficient (Wildman–Crippen LogP) is 1.62. The molecule has 7 heteroatoms. The first-order valence-electron chi connectivity index (χ1n) is 8.70. The molecule has 1 aliphatic rings. The van der Waals surface area contributed by atoms with Gasteiger partial charge in [-0.3, -0.25) is 9.10 Å². The molecule has 0 aliphatic carbocycles. The molecule has 1 aromatic rings. The van der Waals surface area contributed by atoms with Gasteiger partial charge in [-0.25, -0.2) is 8.42 Å². The summed E-state index contributed by atoms with van der Waals surface area (Å²) in [5.74, 6) is 0.113. The van der Waals surface area contributed by atoms with Crippen LogP contribution in [-0.4, -0.2) is 70.2 Å². The third-order valence-electron chi connectivity index (χ3n) is 4.64. The summed E-state index contributed by atoms with van der Waals surface area (Å²) in [5, 5.41) is 0. The Labute approximate surface area is 151 Å². The second-order valence-electron chi connectivity index (χ2n) is 6.91. The number of anilines is 1. The van der Waals surface area contributed by atoms with Crippen molar-refractivity contribution in [2.75, 3.05) is 50.3 Å². The lowest BCUT2D eigenvalue weighted by Gasteiger charge is -2.32. The van der Waals surface area contributed by atoms with E-state index in [0.29, 0.717) is 25.1 Å². The van der Waals surface area contributed by atoms with Crippen LogP contribution in [0.4, 0.5) is 5.69 Å². The molecule has 0 N–H and O–H groups in total. The Morgan fingerprint density at radius 1 is 1.16 bits per heavy atom. The molecule has 0 unspecified atom stereocenters. The largest absolute Gasteiger partial charge is 0.340 e. The van der Waals surface area contributed by atoms with E-state index in [0.717, 1.165) is 37.3 Å². The Hall–Kier alpha value is -1.60. The lowest BCUT2D eigenvalue weighted by molar-refractivity contribution is -0.132. The van der Waals surface area contributed by atoms with Crippen LogP contribution in [-0.2, 0) is 14.8 Å². The minimum Gasteiger partial charge on any atom is -0.340 e. The van der Waals surface area contributed by atoms with Gasteiger partial charge >= 0.3 is 0 Å². The summed E-state index contributed by atoms with van der Waals surface area (Å²) in [4.78, 5) is 16.4. The standard InChI is InChI=1S/C18H29N3O3S/c1-15-7-8-16(2)17(14-15)21(25(4,23)24)9-5-6-18(22)20-12-10-19(3)11-13-20/h7-8,14H,5-6,9-13H2,1-4H3. The van der Waals surface area contributed by atoms with E-state index in [-0.39, 0.29) is 5.91 Å². The van der Waals surface area contributed by atoms with Gasteiger partial charge in [0, 0.05) is 39.1 Å². The SMILES string of the molecule is Cc1ccc(C)c(N(CCCC(=O)N2CCN(C)CC2)S(C)(=O)=O)c1. The van der Waals surface area contributed by atoms with Crippen molar-refractivity contribution in [1.29, 1.82) is 0 Å². The van der Waals surface area contributed by atoms with Crippen LogP contribution in [0.3, 0.4) is 0 Å². The van der Waals surface area contributed by atoms with Gasteiger partial charge in [0.1, 0.15) is 0 Å². The maximum Gasteiger partial charge on any atom is 0.232 e. The Bertz CT molecular complexity index is 710. The number of sulfonamides is 1. The summed E-state index contributed by atoms with van der Waals surface area (Å²) in [6, 6.07) is 5.78. The Kier molecular flexibility index (Phi) is 6.46. The summed E-state index contributed by atoms with van der Waals surface area (Å²) in [6.45, 7) is 7.46. The Balaban J connectivity index is 1.99. The molecule has 1 aromatic carbocycles. The fourth-order valence-electron chi connectivity index (χ4n) is 3.04. The lowest BCUT2D eigenvalue weighted by atomic mass is 10.1. The number of likely N-dealkylation sites (N-methyl/N-ethyl adjacent to an activating group) is 1. The number of amides is 1. The molecule has 1 fully saturated rings. The molecule has 0 radical (unpaired) electrons. The van der Waals surface area contributed by atoms with E-state index in [4.69, 9.17) is 0 Å². The molecule has 140 valence electrons. The average molecular weight is 368 g/mol. The van der Waals surface area contributed by atoms with Gasteiger partial charge < -0.3 is 9.80 Å². The first-order valence-corrected chi connectivity index (χ1v) is 10.5. The molecule has 1 saturated heterocycles. The van der Waals surface area contributed by atoms with Crippen LogP contribution >= 0.6 is 0 Å². The first-order chi connectivity index (χ1) is 11.7. The Morgan fingerprint density at radius 3 is 2.40 bits per heavy atom. The monoisotopic (exact) mass is 367 g/mol. The van der Waals surface area contributed by atoms with E-state index in [1.165, 1.54) is 10.6 Å².